The fraction of sp³-hybridized carbons (Fsp3) is 0.333. The largest absolute Gasteiger partial charge is 0.465 e. The molecule has 0 saturated carbocycles. The molecule has 0 aliphatic carbocycles. The zero-order valence-electron chi connectivity index (χ0n) is 8.22. The number of carbonyl (C=O) groups excluding carboxylic acids is 1. The number of aromatic amines is 1. The lowest BCUT2D eigenvalue weighted by Crippen LogP contribution is -2.21. The van der Waals surface area contributed by atoms with Crippen LogP contribution in [0.2, 0.25) is 0 Å². The Morgan fingerprint density at radius 1 is 1.62 bits per heavy atom. The van der Waals surface area contributed by atoms with Gasteiger partial charge in [-0.1, -0.05) is 0 Å². The molecule has 0 spiro atoms. The maximum atomic E-state index is 12.3. The molecule has 0 radical (unpaired) electrons. The van der Waals surface area contributed by atoms with Gasteiger partial charge in [0, 0.05) is 11.8 Å². The van der Waals surface area contributed by atoms with Gasteiger partial charge in [0.15, 0.2) is 5.43 Å². The van der Waals surface area contributed by atoms with Gasteiger partial charge in [0.25, 0.3) is 6.43 Å². The van der Waals surface area contributed by atoms with Gasteiger partial charge in [0.05, 0.1) is 18.7 Å². The number of alkyl halides is 3. The molecule has 0 amide bonds. The number of H-pyrrole nitrogens is 1. The Labute approximate surface area is 94.2 Å². The summed E-state index contributed by atoms with van der Waals surface area (Å²) in [5.74, 6) is -1.17. The fourth-order valence-electron chi connectivity index (χ4n) is 1.18. The number of nitrogens with one attached hydrogen (secondary N) is 1. The maximum Gasteiger partial charge on any atom is 0.343 e. The first-order valence-corrected chi connectivity index (χ1v) is 4.73. The van der Waals surface area contributed by atoms with Crippen LogP contribution < -0.4 is 5.43 Å². The van der Waals surface area contributed by atoms with E-state index in [1.807, 2.05) is 0 Å². The highest BCUT2D eigenvalue weighted by molar-refractivity contribution is 6.17. The first-order valence-electron chi connectivity index (χ1n) is 4.19. The van der Waals surface area contributed by atoms with Crippen molar-refractivity contribution in [3.8, 4) is 0 Å². The van der Waals surface area contributed by atoms with Crippen LogP contribution in [0.15, 0.2) is 10.9 Å². The van der Waals surface area contributed by atoms with E-state index in [4.69, 9.17) is 11.6 Å². The van der Waals surface area contributed by atoms with Crippen molar-refractivity contribution in [1.82, 2.24) is 4.98 Å². The Hall–Kier alpha value is -1.43. The van der Waals surface area contributed by atoms with Crippen molar-refractivity contribution in [1.29, 1.82) is 0 Å². The Morgan fingerprint density at radius 3 is 2.69 bits per heavy atom. The Balaban J connectivity index is 3.40. The lowest BCUT2D eigenvalue weighted by molar-refractivity contribution is 0.0597. The molecule has 7 heteroatoms. The predicted octanol–water partition coefficient (Wildman–Crippen LogP) is 1.84. The monoisotopic (exact) mass is 251 g/mol. The molecule has 0 bridgehead atoms. The molecule has 4 nitrogen and oxygen atoms in total. The average molecular weight is 252 g/mol. The number of ether oxygens (including phenoxy) is 1. The molecular weight excluding hydrogens is 244 g/mol. The van der Waals surface area contributed by atoms with Gasteiger partial charge in [-0.25, -0.2) is 13.6 Å². The topological polar surface area (TPSA) is 59.2 Å². The number of carbonyl (C=O) groups is 1. The highest BCUT2D eigenvalue weighted by Crippen LogP contribution is 2.17. The van der Waals surface area contributed by atoms with E-state index in [1.54, 1.807) is 0 Å². The lowest BCUT2D eigenvalue weighted by Gasteiger charge is -2.07. The summed E-state index contributed by atoms with van der Waals surface area (Å²) in [4.78, 5) is 24.9. The van der Waals surface area contributed by atoms with E-state index in [9.17, 15) is 18.4 Å². The zero-order chi connectivity index (χ0) is 12.3. The van der Waals surface area contributed by atoms with Crippen LogP contribution in [0.4, 0.5) is 8.78 Å². The van der Waals surface area contributed by atoms with Crippen molar-refractivity contribution in [2.75, 3.05) is 7.11 Å². The number of hydrogen-bond acceptors (Lipinski definition) is 3. The number of hydrogen-bond donors (Lipinski definition) is 1. The number of esters is 1. The van der Waals surface area contributed by atoms with Crippen LogP contribution >= 0.6 is 11.6 Å². The minimum atomic E-state index is -2.83. The number of pyridine rings is 1. The van der Waals surface area contributed by atoms with Gasteiger partial charge in [-0.15, -0.1) is 11.6 Å². The summed E-state index contributed by atoms with van der Waals surface area (Å²) in [6.45, 7) is 0. The quantitative estimate of drug-likeness (QED) is 0.659. The molecule has 0 aliphatic rings. The summed E-state index contributed by atoms with van der Waals surface area (Å²) in [6, 6.07) is 0.660. The standard InChI is InChI=1S/C9H8ClF2NO3/c1-16-9(15)7-5(3-10)13-4(8(11)12)2-6(7)14/h2,8H,3H2,1H3,(H,13,14). The van der Waals surface area contributed by atoms with Gasteiger partial charge in [-0.05, 0) is 0 Å². The Bertz CT molecular complexity index is 459. The summed E-state index contributed by atoms with van der Waals surface area (Å²) in [5, 5.41) is 0. The van der Waals surface area contributed by atoms with Gasteiger partial charge in [-0.3, -0.25) is 4.79 Å². The molecule has 16 heavy (non-hydrogen) atoms. The molecule has 0 aromatic carbocycles. The molecule has 0 unspecified atom stereocenters. The first-order chi connectivity index (χ1) is 7.51. The van der Waals surface area contributed by atoms with E-state index < -0.39 is 23.5 Å². The van der Waals surface area contributed by atoms with Gasteiger partial charge in [0.1, 0.15) is 5.56 Å². The van der Waals surface area contributed by atoms with E-state index in [1.165, 1.54) is 0 Å². The molecule has 1 aromatic heterocycles. The molecule has 88 valence electrons. The molecule has 1 N–H and O–H groups in total. The second-order valence-corrected chi connectivity index (χ2v) is 3.14. The molecule has 1 heterocycles. The first kappa shape index (κ1) is 12.6. The molecular formula is C9H8ClF2NO3. The van der Waals surface area contributed by atoms with Crippen LogP contribution in [0.5, 0.6) is 0 Å². The van der Waals surface area contributed by atoms with Crippen LogP contribution in [-0.2, 0) is 10.6 Å². The maximum absolute atomic E-state index is 12.3. The smallest absolute Gasteiger partial charge is 0.343 e. The minimum Gasteiger partial charge on any atom is -0.465 e. The van der Waals surface area contributed by atoms with E-state index in [0.717, 1.165) is 7.11 Å². The summed E-state index contributed by atoms with van der Waals surface area (Å²) in [5.41, 5.74) is -1.83. The second kappa shape index (κ2) is 5.07. The van der Waals surface area contributed by atoms with Gasteiger partial charge in [0.2, 0.25) is 0 Å². The van der Waals surface area contributed by atoms with Crippen LogP contribution in [0.1, 0.15) is 28.2 Å². The van der Waals surface area contributed by atoms with E-state index >= 15 is 0 Å². The molecule has 1 rings (SSSR count). The number of aromatic nitrogens is 1. The molecule has 1 aromatic rings. The molecule has 0 atom stereocenters. The van der Waals surface area contributed by atoms with Crippen molar-refractivity contribution in [2.45, 2.75) is 12.3 Å². The summed E-state index contributed by atoms with van der Waals surface area (Å²) >= 11 is 5.46. The lowest BCUT2D eigenvalue weighted by atomic mass is 10.1. The third kappa shape index (κ3) is 2.38. The Morgan fingerprint density at radius 2 is 2.25 bits per heavy atom. The van der Waals surface area contributed by atoms with Crippen LogP contribution in [0, 0.1) is 0 Å². The van der Waals surface area contributed by atoms with E-state index in [0.29, 0.717) is 6.07 Å². The third-order valence-corrected chi connectivity index (χ3v) is 2.16. The van der Waals surface area contributed by atoms with Crippen LogP contribution in [0.25, 0.3) is 0 Å². The number of halogens is 3. The van der Waals surface area contributed by atoms with Crippen LogP contribution in [-0.4, -0.2) is 18.1 Å². The van der Waals surface area contributed by atoms with E-state index in [2.05, 4.69) is 9.72 Å². The van der Waals surface area contributed by atoms with Crippen molar-refractivity contribution in [3.63, 3.8) is 0 Å². The van der Waals surface area contributed by atoms with Crippen LogP contribution in [0.3, 0.4) is 0 Å². The van der Waals surface area contributed by atoms with Crippen molar-refractivity contribution in [3.05, 3.63) is 33.2 Å². The fourth-order valence-corrected chi connectivity index (χ4v) is 1.38. The average Bonchev–Trinajstić information content (AvgIpc) is 2.26. The van der Waals surface area contributed by atoms with Crippen molar-refractivity contribution >= 4 is 17.6 Å². The SMILES string of the molecule is COC(=O)c1c(CCl)[nH]c(C(F)F)cc1=O. The zero-order valence-corrected chi connectivity index (χ0v) is 8.98. The summed E-state index contributed by atoms with van der Waals surface area (Å²) in [7, 11) is 1.08. The highest BCUT2D eigenvalue weighted by Gasteiger charge is 2.19. The third-order valence-electron chi connectivity index (χ3n) is 1.89. The van der Waals surface area contributed by atoms with Gasteiger partial charge >= 0.3 is 5.97 Å². The second-order valence-electron chi connectivity index (χ2n) is 2.87. The van der Waals surface area contributed by atoms with Crippen molar-refractivity contribution < 1.29 is 18.3 Å². The molecule has 0 saturated heterocycles. The predicted molar refractivity (Wildman–Crippen MR) is 52.9 cm³/mol. The Kier molecular flexibility index (Phi) is 4.00. The van der Waals surface area contributed by atoms with Gasteiger partial charge < -0.3 is 9.72 Å². The number of methoxy groups -OCH3 is 1. The number of rotatable bonds is 3. The van der Waals surface area contributed by atoms with Gasteiger partial charge in [-0.2, -0.15) is 0 Å². The summed E-state index contributed by atoms with van der Waals surface area (Å²) in [6.07, 6.45) is -2.83. The van der Waals surface area contributed by atoms with E-state index in [-0.39, 0.29) is 17.1 Å². The minimum absolute atomic E-state index is 0.0729. The van der Waals surface area contributed by atoms with Crippen molar-refractivity contribution in [2.24, 2.45) is 0 Å². The molecule has 0 fully saturated rings. The normalized spacial score (nSPS) is 10.6. The highest BCUT2D eigenvalue weighted by atomic mass is 35.5. The molecule has 0 aliphatic heterocycles. The summed E-state index contributed by atoms with van der Waals surface area (Å²) < 4.78 is 29.1.